The maximum Gasteiger partial charge on any atom is 0.417 e. The van der Waals surface area contributed by atoms with Gasteiger partial charge in [0.05, 0.1) is 46.7 Å². The van der Waals surface area contributed by atoms with Crippen LogP contribution in [0.4, 0.5) is 18.9 Å². The Morgan fingerprint density at radius 1 is 1.10 bits per heavy atom. The molecule has 0 bridgehead atoms. The van der Waals surface area contributed by atoms with Gasteiger partial charge in [0.2, 0.25) is 0 Å². The van der Waals surface area contributed by atoms with Crippen molar-refractivity contribution >= 4 is 11.6 Å². The van der Waals surface area contributed by atoms with Crippen LogP contribution in [-0.4, -0.2) is 62.9 Å². The third-order valence-corrected chi connectivity index (χ3v) is 7.63. The molecule has 5 heterocycles. The van der Waals surface area contributed by atoms with E-state index in [0.29, 0.717) is 36.0 Å². The Hall–Kier alpha value is -3.82. The SMILES string of the molecule is Cc1c(C(=O)Nc2ccc(C3(C#N)CCN(C4CCOCC4)CC3)nc2)cnn1-c1ccc(C(F)(F)F)cn1. The number of nitriles is 1. The summed E-state index contributed by atoms with van der Waals surface area (Å²) in [7, 11) is 0. The van der Waals surface area contributed by atoms with Crippen LogP contribution < -0.4 is 5.32 Å². The zero-order valence-corrected chi connectivity index (χ0v) is 21.4. The number of amides is 1. The minimum absolute atomic E-state index is 0.162. The van der Waals surface area contributed by atoms with Crippen LogP contribution >= 0.6 is 0 Å². The van der Waals surface area contributed by atoms with Crippen LogP contribution in [-0.2, 0) is 16.3 Å². The van der Waals surface area contributed by atoms with E-state index in [9.17, 15) is 23.2 Å². The summed E-state index contributed by atoms with van der Waals surface area (Å²) in [5.74, 6) is -0.282. The van der Waals surface area contributed by atoms with Crippen molar-refractivity contribution in [1.29, 1.82) is 5.26 Å². The Balaban J connectivity index is 1.24. The van der Waals surface area contributed by atoms with Gasteiger partial charge in [-0.1, -0.05) is 0 Å². The maximum absolute atomic E-state index is 12.9. The topological polar surface area (TPSA) is 109 Å². The highest BCUT2D eigenvalue weighted by Crippen LogP contribution is 2.36. The highest BCUT2D eigenvalue weighted by Gasteiger charge is 2.39. The van der Waals surface area contributed by atoms with Crippen LogP contribution in [0.25, 0.3) is 5.82 Å². The smallest absolute Gasteiger partial charge is 0.381 e. The summed E-state index contributed by atoms with van der Waals surface area (Å²) in [6, 6.07) is 8.63. The van der Waals surface area contributed by atoms with Crippen molar-refractivity contribution in [2.75, 3.05) is 31.6 Å². The molecule has 0 unspecified atom stereocenters. The Morgan fingerprint density at radius 2 is 1.85 bits per heavy atom. The van der Waals surface area contributed by atoms with Crippen molar-refractivity contribution in [3.05, 3.63) is 65.4 Å². The molecular weight excluding hydrogens is 511 g/mol. The van der Waals surface area contributed by atoms with Crippen LogP contribution in [0.1, 0.15) is 53.0 Å². The molecule has 12 heteroatoms. The number of piperidine rings is 1. The highest BCUT2D eigenvalue weighted by molar-refractivity contribution is 6.04. The van der Waals surface area contributed by atoms with E-state index in [1.54, 1.807) is 19.1 Å². The van der Waals surface area contributed by atoms with E-state index < -0.39 is 23.1 Å². The Kier molecular flexibility index (Phi) is 7.38. The van der Waals surface area contributed by atoms with Gasteiger partial charge >= 0.3 is 6.18 Å². The number of anilines is 1. The van der Waals surface area contributed by atoms with Gasteiger partial charge in [0, 0.05) is 38.5 Å². The van der Waals surface area contributed by atoms with Gasteiger partial charge < -0.3 is 15.0 Å². The minimum atomic E-state index is -4.49. The number of pyridine rings is 2. The molecule has 3 aromatic heterocycles. The first kappa shape index (κ1) is 26.8. The largest absolute Gasteiger partial charge is 0.417 e. The number of hydrogen-bond acceptors (Lipinski definition) is 7. The third-order valence-electron chi connectivity index (χ3n) is 7.63. The molecule has 1 amide bonds. The summed E-state index contributed by atoms with van der Waals surface area (Å²) in [6.45, 7) is 4.86. The fraction of sp³-hybridized carbons (Fsp3) is 0.444. The van der Waals surface area contributed by atoms with E-state index in [0.717, 1.165) is 51.4 Å². The number of nitrogens with zero attached hydrogens (tertiary/aromatic N) is 6. The Morgan fingerprint density at radius 3 is 2.44 bits per heavy atom. The number of nitrogens with one attached hydrogen (secondary N) is 1. The van der Waals surface area contributed by atoms with Gasteiger partial charge in [-0.15, -0.1) is 0 Å². The molecule has 0 aromatic carbocycles. The molecule has 0 saturated carbocycles. The molecule has 2 aliphatic heterocycles. The lowest BCUT2D eigenvalue weighted by Crippen LogP contribution is -2.48. The van der Waals surface area contributed by atoms with E-state index in [-0.39, 0.29) is 11.4 Å². The van der Waals surface area contributed by atoms with Crippen LogP contribution in [0.5, 0.6) is 0 Å². The van der Waals surface area contributed by atoms with Crippen molar-refractivity contribution in [2.45, 2.75) is 50.2 Å². The molecule has 0 radical (unpaired) electrons. The molecule has 2 saturated heterocycles. The number of likely N-dealkylation sites (tertiary alicyclic amines) is 1. The number of alkyl halides is 3. The molecule has 2 aliphatic rings. The van der Waals surface area contributed by atoms with E-state index in [2.05, 4.69) is 31.4 Å². The zero-order valence-electron chi connectivity index (χ0n) is 21.4. The van der Waals surface area contributed by atoms with Gasteiger partial charge in [-0.25, -0.2) is 9.67 Å². The summed E-state index contributed by atoms with van der Waals surface area (Å²) < 4.78 is 45.3. The minimum Gasteiger partial charge on any atom is -0.381 e. The molecular formula is C27H28F3N7O2. The molecule has 1 N–H and O–H groups in total. The zero-order chi connectivity index (χ0) is 27.6. The first-order chi connectivity index (χ1) is 18.7. The van der Waals surface area contributed by atoms with Crippen LogP contribution in [0, 0.1) is 18.3 Å². The summed E-state index contributed by atoms with van der Waals surface area (Å²) >= 11 is 0. The van der Waals surface area contributed by atoms with Gasteiger partial charge in [-0.05, 0) is 56.9 Å². The summed E-state index contributed by atoms with van der Waals surface area (Å²) in [5.41, 5.74) is 0.270. The first-order valence-electron chi connectivity index (χ1n) is 12.8. The van der Waals surface area contributed by atoms with E-state index in [4.69, 9.17) is 4.74 Å². The van der Waals surface area contributed by atoms with Crippen molar-refractivity contribution < 1.29 is 22.7 Å². The van der Waals surface area contributed by atoms with Crippen molar-refractivity contribution in [3.8, 4) is 11.9 Å². The van der Waals surface area contributed by atoms with Crippen LogP contribution in [0.2, 0.25) is 0 Å². The summed E-state index contributed by atoms with van der Waals surface area (Å²) in [6.07, 6.45) is 2.53. The number of aromatic nitrogens is 4. The molecule has 3 aromatic rings. The van der Waals surface area contributed by atoms with Gasteiger partial charge in [-0.2, -0.15) is 23.5 Å². The van der Waals surface area contributed by atoms with Crippen molar-refractivity contribution in [3.63, 3.8) is 0 Å². The fourth-order valence-electron chi connectivity index (χ4n) is 5.24. The predicted molar refractivity (Wildman–Crippen MR) is 135 cm³/mol. The average molecular weight is 540 g/mol. The van der Waals surface area contributed by atoms with Gasteiger partial charge in [-0.3, -0.25) is 9.78 Å². The van der Waals surface area contributed by atoms with E-state index in [1.807, 2.05) is 0 Å². The van der Waals surface area contributed by atoms with E-state index >= 15 is 0 Å². The Bertz CT molecular complexity index is 1350. The lowest BCUT2D eigenvalue weighted by Gasteiger charge is -2.42. The third kappa shape index (κ3) is 5.51. The van der Waals surface area contributed by atoms with Crippen LogP contribution in [0.3, 0.4) is 0 Å². The van der Waals surface area contributed by atoms with E-state index in [1.165, 1.54) is 23.1 Å². The number of carbonyl (C=O) groups is 1. The lowest BCUT2D eigenvalue weighted by molar-refractivity contribution is -0.137. The number of halogens is 3. The number of carbonyl (C=O) groups excluding carboxylic acids is 1. The first-order valence-corrected chi connectivity index (χ1v) is 12.8. The van der Waals surface area contributed by atoms with Crippen LogP contribution in [0.15, 0.2) is 42.9 Å². The van der Waals surface area contributed by atoms with Gasteiger partial charge in [0.1, 0.15) is 5.41 Å². The second-order valence-corrected chi connectivity index (χ2v) is 9.92. The maximum atomic E-state index is 12.9. The molecule has 9 nitrogen and oxygen atoms in total. The second kappa shape index (κ2) is 10.7. The molecule has 39 heavy (non-hydrogen) atoms. The predicted octanol–water partition coefficient (Wildman–Crippen LogP) is 4.28. The molecule has 0 atom stereocenters. The quantitative estimate of drug-likeness (QED) is 0.516. The number of rotatable bonds is 5. The molecule has 0 spiro atoms. The lowest BCUT2D eigenvalue weighted by atomic mass is 9.76. The fourth-order valence-corrected chi connectivity index (χ4v) is 5.24. The normalized spacial score (nSPS) is 18.4. The van der Waals surface area contributed by atoms with Crippen molar-refractivity contribution in [1.82, 2.24) is 24.6 Å². The summed E-state index contributed by atoms with van der Waals surface area (Å²) in [5, 5.41) is 17.0. The molecule has 0 aliphatic carbocycles. The van der Waals surface area contributed by atoms with Gasteiger partial charge in [0.15, 0.2) is 5.82 Å². The Labute approximate surface area is 223 Å². The summed E-state index contributed by atoms with van der Waals surface area (Å²) in [4.78, 5) is 23.8. The highest BCUT2D eigenvalue weighted by atomic mass is 19.4. The monoisotopic (exact) mass is 539 g/mol. The van der Waals surface area contributed by atoms with Crippen molar-refractivity contribution in [2.24, 2.45) is 0 Å². The second-order valence-electron chi connectivity index (χ2n) is 9.92. The average Bonchev–Trinajstić information content (AvgIpc) is 3.35. The number of ether oxygens (including phenoxy) is 1. The molecule has 5 rings (SSSR count). The molecule has 2 fully saturated rings. The molecule has 204 valence electrons. The standard InChI is InChI=1S/C27H28F3N7O2/c1-18-22(16-34-37(18)24-5-2-19(14-33-24)27(28,29)30)25(38)35-20-3-4-23(32-15-20)26(17-31)8-10-36(11-9-26)21-6-12-39-13-7-21/h2-5,14-16,21H,6-13H2,1H3,(H,35,38). The number of hydrogen-bond donors (Lipinski definition) is 1. The van der Waals surface area contributed by atoms with Gasteiger partial charge in [0.25, 0.3) is 5.91 Å².